The lowest BCUT2D eigenvalue weighted by Crippen LogP contribution is -2.38. The van der Waals surface area contributed by atoms with Crippen molar-refractivity contribution in [3.8, 4) is 0 Å². The lowest BCUT2D eigenvalue weighted by molar-refractivity contribution is 0.109. The minimum atomic E-state index is 0.598. The number of hydrogen-bond acceptors (Lipinski definition) is 1. The van der Waals surface area contributed by atoms with Gasteiger partial charge in [-0.15, -0.1) is 0 Å². The minimum Gasteiger partial charge on any atom is -0.305 e. The highest BCUT2D eigenvalue weighted by atomic mass is 15.1. The summed E-state index contributed by atoms with van der Waals surface area (Å²) in [6.07, 6.45) is 12.9. The van der Waals surface area contributed by atoms with Gasteiger partial charge in [0.25, 0.3) is 0 Å². The summed E-state index contributed by atoms with van der Waals surface area (Å²) in [4.78, 5) is 2.67. The summed E-state index contributed by atoms with van der Waals surface area (Å²) in [5.41, 5.74) is 8.69. The fraction of sp³-hybridized carbons (Fsp3) is 0.562. The molecule has 3 atom stereocenters. The summed E-state index contributed by atoms with van der Waals surface area (Å²) in [5, 5.41) is 0. The van der Waals surface area contributed by atoms with Crippen LogP contribution in [0.5, 0.6) is 0 Å². The Balaban J connectivity index is 1.58. The summed E-state index contributed by atoms with van der Waals surface area (Å²) in [6, 6.07) is 16.5. The normalized spacial score (nSPS) is 25.3. The SMILES string of the molecule is C=C1CCCCC2CCC2CN(C)CC(c2ccc(C)cc2CCC)CCc2ccc1cc2. The monoisotopic (exact) mass is 443 g/mol. The van der Waals surface area contributed by atoms with E-state index >= 15 is 0 Å². The molecule has 0 spiro atoms. The Morgan fingerprint density at radius 2 is 1.67 bits per heavy atom. The molecular weight excluding hydrogens is 398 g/mol. The fourth-order valence-electron chi connectivity index (χ4n) is 6.21. The van der Waals surface area contributed by atoms with Crippen LogP contribution in [0.3, 0.4) is 0 Å². The molecule has 3 aliphatic rings. The molecule has 2 bridgehead atoms. The zero-order valence-electron chi connectivity index (χ0n) is 21.4. The third-order valence-electron chi connectivity index (χ3n) is 8.36. The second-order valence-corrected chi connectivity index (χ2v) is 11.1. The van der Waals surface area contributed by atoms with E-state index in [-0.39, 0.29) is 0 Å². The molecule has 1 fully saturated rings. The molecule has 1 nitrogen and oxygen atoms in total. The second-order valence-electron chi connectivity index (χ2n) is 11.1. The molecular formula is C32H45N. The van der Waals surface area contributed by atoms with Gasteiger partial charge in [0.2, 0.25) is 0 Å². The molecule has 33 heavy (non-hydrogen) atoms. The zero-order valence-corrected chi connectivity index (χ0v) is 21.4. The molecule has 0 aromatic heterocycles. The van der Waals surface area contributed by atoms with Gasteiger partial charge in [-0.25, -0.2) is 0 Å². The van der Waals surface area contributed by atoms with Gasteiger partial charge in [0.05, 0.1) is 0 Å². The molecule has 2 heterocycles. The first kappa shape index (κ1) is 24.3. The maximum Gasteiger partial charge on any atom is 0.00475 e. The van der Waals surface area contributed by atoms with Gasteiger partial charge >= 0.3 is 0 Å². The van der Waals surface area contributed by atoms with Gasteiger partial charge < -0.3 is 4.90 Å². The number of aryl methyl sites for hydroxylation is 3. The summed E-state index contributed by atoms with van der Waals surface area (Å²) < 4.78 is 0. The summed E-state index contributed by atoms with van der Waals surface area (Å²) in [5.74, 6) is 2.45. The Morgan fingerprint density at radius 1 is 0.879 bits per heavy atom. The van der Waals surface area contributed by atoms with Crippen molar-refractivity contribution >= 4 is 5.57 Å². The Morgan fingerprint density at radius 3 is 2.39 bits per heavy atom. The standard InChI is InChI=1S/C32H45N/c1-5-8-29-21-24(2)11-20-32(29)31-17-14-26-12-15-27(16-13-26)25(3)9-6-7-10-28-18-19-30(28)22-33(4)23-31/h11-13,15-16,20-21,28,30-31H,3,5-10,14,17-19,22-23H2,1-2,4H3. The van der Waals surface area contributed by atoms with Gasteiger partial charge in [-0.2, -0.15) is 0 Å². The van der Waals surface area contributed by atoms with Gasteiger partial charge in [0.15, 0.2) is 0 Å². The summed E-state index contributed by atoms with van der Waals surface area (Å²) in [7, 11) is 2.38. The molecule has 3 unspecified atom stereocenters. The number of rotatable bonds is 3. The van der Waals surface area contributed by atoms with E-state index in [0.29, 0.717) is 5.92 Å². The maximum atomic E-state index is 4.40. The molecule has 1 saturated carbocycles. The third kappa shape index (κ3) is 6.38. The van der Waals surface area contributed by atoms with Crippen LogP contribution in [-0.2, 0) is 12.8 Å². The van der Waals surface area contributed by atoms with Crippen LogP contribution in [0.4, 0.5) is 0 Å². The van der Waals surface area contributed by atoms with E-state index in [2.05, 4.69) is 74.8 Å². The quantitative estimate of drug-likeness (QED) is 0.462. The minimum absolute atomic E-state index is 0.598. The van der Waals surface area contributed by atoms with Gasteiger partial charge in [-0.05, 0) is 104 Å². The first-order chi connectivity index (χ1) is 16.0. The molecule has 0 N–H and O–H groups in total. The van der Waals surface area contributed by atoms with Crippen LogP contribution in [0.1, 0.15) is 92.0 Å². The van der Waals surface area contributed by atoms with Crippen LogP contribution in [0, 0.1) is 18.8 Å². The van der Waals surface area contributed by atoms with Crippen LogP contribution >= 0.6 is 0 Å². The van der Waals surface area contributed by atoms with Crippen LogP contribution in [0.2, 0.25) is 0 Å². The Hall–Kier alpha value is -1.86. The molecule has 0 radical (unpaired) electrons. The van der Waals surface area contributed by atoms with Crippen molar-refractivity contribution in [2.24, 2.45) is 11.8 Å². The predicted molar refractivity (Wildman–Crippen MR) is 144 cm³/mol. The van der Waals surface area contributed by atoms with E-state index < -0.39 is 0 Å². The third-order valence-corrected chi connectivity index (χ3v) is 8.36. The topological polar surface area (TPSA) is 3.24 Å². The molecule has 5 rings (SSSR count). The number of allylic oxidation sites excluding steroid dienone is 1. The van der Waals surface area contributed by atoms with E-state index in [0.717, 1.165) is 24.7 Å². The van der Waals surface area contributed by atoms with E-state index in [1.807, 2.05) is 0 Å². The lowest BCUT2D eigenvalue weighted by atomic mass is 9.71. The number of likely N-dealkylation sites (N-methyl/N-ethyl adjacent to an activating group) is 1. The molecule has 178 valence electrons. The Kier molecular flexibility index (Phi) is 8.47. The van der Waals surface area contributed by atoms with E-state index in [4.69, 9.17) is 0 Å². The number of fused-ring (bicyclic) bond motifs is 11. The average Bonchev–Trinajstić information content (AvgIpc) is 2.79. The van der Waals surface area contributed by atoms with Crippen LogP contribution in [0.25, 0.3) is 5.57 Å². The highest BCUT2D eigenvalue weighted by molar-refractivity contribution is 5.63. The van der Waals surface area contributed by atoms with E-state index in [9.17, 15) is 0 Å². The molecule has 2 aromatic rings. The van der Waals surface area contributed by atoms with Crippen molar-refractivity contribution in [1.29, 1.82) is 0 Å². The van der Waals surface area contributed by atoms with Crippen LogP contribution in [0.15, 0.2) is 49.0 Å². The molecule has 1 heteroatoms. The van der Waals surface area contributed by atoms with Crippen molar-refractivity contribution in [3.05, 3.63) is 76.9 Å². The first-order valence-corrected chi connectivity index (χ1v) is 13.6. The van der Waals surface area contributed by atoms with Crippen molar-refractivity contribution in [2.75, 3.05) is 20.1 Å². The van der Waals surface area contributed by atoms with Crippen molar-refractivity contribution < 1.29 is 0 Å². The van der Waals surface area contributed by atoms with Crippen LogP contribution in [-0.4, -0.2) is 25.0 Å². The number of hydrogen-bond donors (Lipinski definition) is 0. The average molecular weight is 444 g/mol. The van der Waals surface area contributed by atoms with Gasteiger partial charge in [-0.3, -0.25) is 0 Å². The molecule has 1 aliphatic carbocycles. The van der Waals surface area contributed by atoms with E-state index in [1.54, 1.807) is 11.1 Å². The Bertz CT molecular complexity index is 909. The van der Waals surface area contributed by atoms with Crippen molar-refractivity contribution in [1.82, 2.24) is 4.90 Å². The maximum absolute atomic E-state index is 4.40. The highest BCUT2D eigenvalue weighted by Crippen LogP contribution is 2.39. The van der Waals surface area contributed by atoms with E-state index in [1.165, 1.54) is 86.7 Å². The first-order valence-electron chi connectivity index (χ1n) is 13.6. The van der Waals surface area contributed by atoms with Gasteiger partial charge in [-0.1, -0.05) is 80.8 Å². The van der Waals surface area contributed by atoms with Gasteiger partial charge in [0, 0.05) is 13.1 Å². The van der Waals surface area contributed by atoms with Gasteiger partial charge in [0.1, 0.15) is 0 Å². The smallest absolute Gasteiger partial charge is 0.00475 e. The summed E-state index contributed by atoms with van der Waals surface area (Å²) >= 11 is 0. The largest absolute Gasteiger partial charge is 0.305 e. The zero-order chi connectivity index (χ0) is 23.2. The predicted octanol–water partition coefficient (Wildman–Crippen LogP) is 8.21. The Labute approximate surface area is 203 Å². The van der Waals surface area contributed by atoms with Crippen LogP contribution < -0.4 is 0 Å². The summed E-state index contributed by atoms with van der Waals surface area (Å²) in [6.45, 7) is 11.4. The van der Waals surface area contributed by atoms with Crippen molar-refractivity contribution in [3.63, 3.8) is 0 Å². The molecule has 2 aromatic carbocycles. The number of benzene rings is 2. The molecule has 2 aliphatic heterocycles. The number of nitrogens with zero attached hydrogens (tertiary/aromatic N) is 1. The molecule has 0 saturated heterocycles. The van der Waals surface area contributed by atoms with Crippen molar-refractivity contribution in [2.45, 2.75) is 84.0 Å². The fourth-order valence-corrected chi connectivity index (χ4v) is 6.21. The highest BCUT2D eigenvalue weighted by Gasteiger charge is 2.31. The molecule has 0 amide bonds. The lowest BCUT2D eigenvalue weighted by Gasteiger charge is -2.40. The second kappa shape index (κ2) is 11.5.